The topological polar surface area (TPSA) is 138 Å². The molecule has 726 valence electrons. The van der Waals surface area contributed by atoms with E-state index in [-0.39, 0.29) is 74.0 Å². The van der Waals surface area contributed by atoms with Crippen LogP contribution in [0.15, 0.2) is 334 Å². The van der Waals surface area contributed by atoms with Gasteiger partial charge in [-0.25, -0.2) is 0 Å². The third kappa shape index (κ3) is 17.5. The van der Waals surface area contributed by atoms with Crippen molar-refractivity contribution in [1.82, 2.24) is 43.7 Å². The molecule has 30 bridgehead atoms. The molecule has 13 aliphatic heterocycles. The zero-order valence-electron chi connectivity index (χ0n) is 81.9. The molecular weight excluding hydrogens is 2360 g/mol. The SMILES string of the molecule is CC1(C)c2cccc3c4ccc5[c-]c4c4nc(c(n4c23)C1(C)C)Cc1cccc2c1Oc1c(cccc1C2)CCCc1ccn(n1)-c1[c-]c(ccc1)O5.[Pt+2].[Pt+2].[Pt+2].[c-]1c2cccc1-n1c3[c-]c(ccc3c3ccccc31)-c1ccc(cn1)CCc1cccc3c1Oc1c(cccc1C3)CCc1ccc-2nc1.[c-]1cc2ccc1-c1cccc(n1)Oc1cccc(n1)-c1[c-]cc(cc1)CCc1cccc3c1Oc1c(cccc1C3)CC2. The summed E-state index contributed by atoms with van der Waals surface area (Å²) in [6.07, 6.45) is 19.1. The van der Waals surface area contributed by atoms with Gasteiger partial charge < -0.3 is 42.6 Å². The summed E-state index contributed by atoms with van der Waals surface area (Å²) in [7, 11) is 0. The van der Waals surface area contributed by atoms with Crippen LogP contribution in [0.5, 0.6) is 57.8 Å². The van der Waals surface area contributed by atoms with Crippen molar-refractivity contribution in [2.24, 2.45) is 0 Å². The largest absolute Gasteiger partial charge is 2.00 e. The summed E-state index contributed by atoms with van der Waals surface area (Å²) in [6.45, 7) is 9.54. The molecule has 0 unspecified atom stereocenters. The quantitative estimate of drug-likeness (QED) is 0.106. The van der Waals surface area contributed by atoms with E-state index >= 15 is 0 Å². The van der Waals surface area contributed by atoms with Crippen molar-refractivity contribution in [2.45, 2.75) is 135 Å². The van der Waals surface area contributed by atoms with E-state index in [1.165, 1.54) is 111 Å². The first-order valence-corrected chi connectivity index (χ1v) is 50.5. The van der Waals surface area contributed by atoms with Crippen LogP contribution in [0.1, 0.15) is 146 Å². The number of imidazole rings is 1. The number of rotatable bonds is 0. The molecule has 0 N–H and O–H groups in total. The summed E-state index contributed by atoms with van der Waals surface area (Å²) >= 11 is 0. The van der Waals surface area contributed by atoms with Gasteiger partial charge in [-0.2, -0.15) is 11.2 Å². The average Bonchev–Trinajstić information content (AvgIpc) is 1.47. The van der Waals surface area contributed by atoms with E-state index in [4.69, 9.17) is 53.7 Å². The van der Waals surface area contributed by atoms with Gasteiger partial charge in [-0.1, -0.05) is 257 Å². The summed E-state index contributed by atoms with van der Waals surface area (Å²) in [5.41, 5.74) is 37.2. The molecule has 22 aromatic rings. The number of ether oxygens (including phenoxy) is 5. The number of fused-ring (bicyclic) bond motifs is 11. The van der Waals surface area contributed by atoms with Gasteiger partial charge in [0.1, 0.15) is 34.5 Å². The molecule has 0 saturated heterocycles. The molecule has 17 heteroatoms. The van der Waals surface area contributed by atoms with Gasteiger partial charge in [-0.3, -0.25) is 19.6 Å². The Morgan fingerprint density at radius 1 is 0.318 bits per heavy atom. The molecule has 35 rings (SSSR count). The Bertz CT molecular complexity index is 8840. The molecule has 0 radical (unpaired) electrons. The summed E-state index contributed by atoms with van der Waals surface area (Å²) < 4.78 is 39.7. The fourth-order valence-corrected chi connectivity index (χ4v) is 22.7. The molecule has 0 amide bonds. The normalized spacial score (nSPS) is 14.3. The van der Waals surface area contributed by atoms with Gasteiger partial charge in [0.05, 0.1) is 17.0 Å². The van der Waals surface area contributed by atoms with Gasteiger partial charge in [0, 0.05) is 88.9 Å². The van der Waals surface area contributed by atoms with Crippen molar-refractivity contribution in [2.75, 3.05) is 0 Å². The first kappa shape index (κ1) is 95.2. The minimum Gasteiger partial charge on any atom is -0.503 e. The molecule has 0 aliphatic carbocycles. The maximum Gasteiger partial charge on any atom is 2.00 e. The van der Waals surface area contributed by atoms with Crippen LogP contribution in [0.3, 0.4) is 0 Å². The molecule has 21 heterocycles. The predicted octanol–water partition coefficient (Wildman–Crippen LogP) is 29.4. The monoisotopic (exact) mass is 2460 g/mol. The second-order valence-electron chi connectivity index (χ2n) is 40.3. The summed E-state index contributed by atoms with van der Waals surface area (Å²) in [5.74, 6) is 8.27. The smallest absolute Gasteiger partial charge is 0.503 e. The first-order chi connectivity index (χ1) is 71.2. The summed E-state index contributed by atoms with van der Waals surface area (Å²) in [5, 5.41) is 10.5. The van der Waals surface area contributed by atoms with E-state index in [2.05, 4.69) is 328 Å². The molecule has 13 aliphatic rings. The Hall–Kier alpha value is -15.0. The number of aromatic nitrogens is 9. The maximum atomic E-state index is 7.01. The van der Waals surface area contributed by atoms with Crippen LogP contribution < -0.4 is 23.7 Å². The van der Waals surface area contributed by atoms with Gasteiger partial charge in [-0.05, 0) is 210 Å². The van der Waals surface area contributed by atoms with Gasteiger partial charge in [-0.15, -0.1) is 155 Å². The Balaban J connectivity index is 0.000000118. The van der Waals surface area contributed by atoms with Crippen LogP contribution in [0.25, 0.3) is 106 Å². The Morgan fingerprint density at radius 2 is 0.791 bits per heavy atom. The van der Waals surface area contributed by atoms with Crippen LogP contribution in [0, 0.1) is 36.4 Å². The molecular formula is C131H97N9O5Pt3. The van der Waals surface area contributed by atoms with Crippen molar-refractivity contribution >= 4 is 49.1 Å². The number of nitrogens with zero attached hydrogens (tertiary/aromatic N) is 9. The number of aryl methyl sites for hydroxylation is 10. The van der Waals surface area contributed by atoms with Crippen molar-refractivity contribution < 1.29 is 86.9 Å². The Labute approximate surface area is 903 Å². The molecule has 14 nitrogen and oxygen atoms in total. The minimum absolute atomic E-state index is 0. The first-order valence-electron chi connectivity index (χ1n) is 50.5. The predicted molar refractivity (Wildman–Crippen MR) is 571 cm³/mol. The molecule has 0 saturated carbocycles. The van der Waals surface area contributed by atoms with Crippen LogP contribution in [0.2, 0.25) is 0 Å². The molecule has 0 atom stereocenters. The fraction of sp³-hybridized carbons (Fsp3) is 0.160. The molecule has 14 aromatic carbocycles. The Morgan fingerprint density at radius 3 is 1.35 bits per heavy atom. The fourth-order valence-electron chi connectivity index (χ4n) is 22.7. The van der Waals surface area contributed by atoms with Gasteiger partial charge in [0.2, 0.25) is 11.8 Å². The number of pyridine rings is 5. The molecule has 148 heavy (non-hydrogen) atoms. The van der Waals surface area contributed by atoms with Crippen LogP contribution >= 0.6 is 0 Å². The van der Waals surface area contributed by atoms with Crippen LogP contribution in [-0.4, -0.2) is 43.7 Å². The van der Waals surface area contributed by atoms with E-state index in [1.54, 1.807) is 0 Å². The van der Waals surface area contributed by atoms with Gasteiger partial charge in [0.25, 0.3) is 0 Å². The second-order valence-corrected chi connectivity index (χ2v) is 40.3. The molecule has 0 spiro atoms. The number of benzene rings is 14. The van der Waals surface area contributed by atoms with Crippen molar-refractivity contribution in [3.63, 3.8) is 0 Å². The van der Waals surface area contributed by atoms with Gasteiger partial charge >= 0.3 is 63.2 Å². The zero-order valence-corrected chi connectivity index (χ0v) is 88.7. The number of hydrogen-bond acceptors (Lipinski definition) is 11. The third-order valence-corrected chi connectivity index (χ3v) is 30.9. The molecule has 0 fully saturated rings. The summed E-state index contributed by atoms with van der Waals surface area (Å²) in [4.78, 5) is 24.9. The standard InChI is InChI=1S/C47H38N4O2.C45H31N3O.C39H28N2O2.3Pt/c1-46(2)39-19-9-18-37-36-21-20-35-27-38(36)45-48-40(44(47(46,3)4)51(45)41(37)39)25-31-14-6-13-30-24-29-12-5-10-28(42(29)53-43(30)31)11-7-15-32-22-23-50(49-32)33-16-8-17-34(26-33)52-35;1-2-13-42-38(12-1)39-21-20-34-26-43(39)48(42)37-11-5-8-33(25-37)40-22-16-29(27-46-40)14-18-31-6-3-9-35-24-36-10-4-7-32(45(36)49-44(31)35)19-15-30-17-23-41(34)47-28-30;1-5-30-23-17-26-13-19-28(20-14-26)34-9-3-11-36(40-34)42-37-12-4-10-35(41-37)29-21-15-27(16-22-29)18-24-31-6-2-8-33-25-32(7-1)38(30)43-39(31)33;;;/h5-6,8-10,12-14,16-23H,7,11,15,24-25H2,1-4H3;1-13,16-17,20-23,27-28H,14-15,18-19,24H2;1-16,19,21H,17-18,23-25H2;;;/q3*-2;3*+2. The van der Waals surface area contributed by atoms with E-state index in [0.29, 0.717) is 29.7 Å². The van der Waals surface area contributed by atoms with E-state index in [0.717, 1.165) is 231 Å². The van der Waals surface area contributed by atoms with Gasteiger partial charge in [0.15, 0.2) is 0 Å². The maximum absolute atomic E-state index is 7.01. The van der Waals surface area contributed by atoms with Crippen molar-refractivity contribution in [1.29, 1.82) is 0 Å². The van der Waals surface area contributed by atoms with Crippen LogP contribution in [0.4, 0.5) is 0 Å². The average molecular weight is 2460 g/mol. The second kappa shape index (κ2) is 39.3. The number of para-hydroxylation sites is 8. The summed E-state index contributed by atoms with van der Waals surface area (Å²) in [6, 6.07) is 132. The van der Waals surface area contributed by atoms with Crippen molar-refractivity contribution in [3.05, 3.63) is 482 Å². The minimum atomic E-state index is -0.242. The van der Waals surface area contributed by atoms with E-state index < -0.39 is 0 Å². The van der Waals surface area contributed by atoms with E-state index in [9.17, 15) is 0 Å². The molecule has 8 aromatic heterocycles. The zero-order chi connectivity index (χ0) is 96.5. The van der Waals surface area contributed by atoms with Crippen molar-refractivity contribution in [3.8, 4) is 114 Å². The third-order valence-electron chi connectivity index (χ3n) is 30.9. The van der Waals surface area contributed by atoms with Crippen LogP contribution in [-0.2, 0) is 164 Å². The Kier molecular flexibility index (Phi) is 25.3. The number of hydrogen-bond donors (Lipinski definition) is 0. The van der Waals surface area contributed by atoms with E-state index in [1.807, 2.05) is 83.9 Å².